The Labute approximate surface area is 247 Å². The Morgan fingerprint density at radius 1 is 0.905 bits per heavy atom. The van der Waals surface area contributed by atoms with Gasteiger partial charge in [0.2, 0.25) is 0 Å². The summed E-state index contributed by atoms with van der Waals surface area (Å²) >= 11 is 0. The third kappa shape index (κ3) is 7.12. The number of aliphatic hydroxyl groups is 1. The van der Waals surface area contributed by atoms with Crippen molar-refractivity contribution in [2.75, 3.05) is 34.0 Å². The van der Waals surface area contributed by atoms with E-state index in [-0.39, 0.29) is 17.9 Å². The third-order valence-corrected chi connectivity index (χ3v) is 7.16. The summed E-state index contributed by atoms with van der Waals surface area (Å²) in [4.78, 5) is 28.1. The predicted octanol–water partition coefficient (Wildman–Crippen LogP) is 6.22. The lowest BCUT2D eigenvalue weighted by Crippen LogP contribution is -2.31. The van der Waals surface area contributed by atoms with Crippen LogP contribution in [0.5, 0.6) is 17.2 Å². The molecule has 0 bridgehead atoms. The number of carbonyl (C=O) groups excluding carboxylic acids is 2. The maximum Gasteiger partial charge on any atom is 0.295 e. The predicted molar refractivity (Wildman–Crippen MR) is 161 cm³/mol. The number of carbonyl (C=O) groups is 2. The minimum absolute atomic E-state index is 0.0209. The molecule has 222 valence electrons. The summed E-state index contributed by atoms with van der Waals surface area (Å²) in [6, 6.07) is 19.4. The smallest absolute Gasteiger partial charge is 0.295 e. The van der Waals surface area contributed by atoms with Crippen molar-refractivity contribution >= 4 is 17.4 Å². The monoisotopic (exact) mass is 573 g/mol. The number of methoxy groups -OCH3 is 2. The van der Waals surface area contributed by atoms with Gasteiger partial charge < -0.3 is 29.0 Å². The highest BCUT2D eigenvalue weighted by atomic mass is 16.5. The number of benzene rings is 3. The van der Waals surface area contributed by atoms with Crippen LogP contribution in [0.1, 0.15) is 54.5 Å². The van der Waals surface area contributed by atoms with E-state index in [4.69, 9.17) is 18.9 Å². The van der Waals surface area contributed by atoms with Gasteiger partial charge in [-0.05, 0) is 67.3 Å². The Morgan fingerprint density at radius 3 is 2.38 bits per heavy atom. The first kappa shape index (κ1) is 30.7. The van der Waals surface area contributed by atoms with Gasteiger partial charge in [0, 0.05) is 25.8 Å². The fourth-order valence-electron chi connectivity index (χ4n) is 4.97. The van der Waals surface area contributed by atoms with Gasteiger partial charge in [0.25, 0.3) is 11.7 Å². The number of amides is 1. The molecule has 1 fully saturated rings. The average molecular weight is 574 g/mol. The van der Waals surface area contributed by atoms with Crippen LogP contribution in [0.4, 0.5) is 0 Å². The van der Waals surface area contributed by atoms with Gasteiger partial charge >= 0.3 is 0 Å². The Morgan fingerprint density at radius 2 is 1.69 bits per heavy atom. The molecule has 1 atom stereocenters. The van der Waals surface area contributed by atoms with E-state index in [0.717, 1.165) is 24.0 Å². The highest BCUT2D eigenvalue weighted by molar-refractivity contribution is 6.46. The van der Waals surface area contributed by atoms with Gasteiger partial charge in [-0.1, -0.05) is 49.2 Å². The fraction of sp³-hybridized carbons (Fsp3) is 0.353. The zero-order valence-corrected chi connectivity index (χ0v) is 24.7. The molecule has 1 heterocycles. The maximum atomic E-state index is 13.4. The van der Waals surface area contributed by atoms with Crippen LogP contribution in [-0.2, 0) is 20.9 Å². The molecule has 1 unspecified atom stereocenters. The van der Waals surface area contributed by atoms with Crippen LogP contribution in [0.25, 0.3) is 5.76 Å². The summed E-state index contributed by atoms with van der Waals surface area (Å²) in [6.45, 7) is 5.77. The summed E-state index contributed by atoms with van der Waals surface area (Å²) in [5, 5.41) is 11.4. The van der Waals surface area contributed by atoms with Gasteiger partial charge in [-0.3, -0.25) is 9.59 Å². The number of hydrogen-bond acceptors (Lipinski definition) is 7. The lowest BCUT2D eigenvalue weighted by molar-refractivity contribution is -0.140. The normalized spacial score (nSPS) is 16.1. The Hall–Kier alpha value is -4.30. The largest absolute Gasteiger partial charge is 0.507 e. The summed E-state index contributed by atoms with van der Waals surface area (Å²) in [5.41, 5.74) is 3.26. The average Bonchev–Trinajstić information content (AvgIpc) is 3.25. The maximum absolute atomic E-state index is 13.4. The second kappa shape index (κ2) is 14.5. The van der Waals surface area contributed by atoms with Crippen LogP contribution in [0.2, 0.25) is 0 Å². The zero-order chi connectivity index (χ0) is 30.1. The first-order valence-corrected chi connectivity index (χ1v) is 14.2. The second-order valence-electron chi connectivity index (χ2n) is 10.3. The minimum atomic E-state index is -0.808. The molecular weight excluding hydrogens is 534 g/mol. The van der Waals surface area contributed by atoms with Crippen molar-refractivity contribution in [3.05, 3.63) is 94.6 Å². The molecule has 1 N–H and O–H groups in total. The lowest BCUT2D eigenvalue weighted by Gasteiger charge is -2.26. The van der Waals surface area contributed by atoms with Crippen molar-refractivity contribution in [2.24, 2.45) is 0 Å². The van der Waals surface area contributed by atoms with Crippen molar-refractivity contribution in [3.8, 4) is 17.2 Å². The summed E-state index contributed by atoms with van der Waals surface area (Å²) in [5.74, 6) is 0.0245. The quantitative estimate of drug-likeness (QED) is 0.106. The van der Waals surface area contributed by atoms with E-state index in [2.05, 4.69) is 13.0 Å². The Bertz CT molecular complexity index is 1410. The molecule has 1 aliphatic heterocycles. The van der Waals surface area contributed by atoms with E-state index in [1.807, 2.05) is 25.1 Å². The van der Waals surface area contributed by atoms with Crippen molar-refractivity contribution in [3.63, 3.8) is 0 Å². The molecule has 0 aliphatic carbocycles. The number of unbranched alkanes of at least 4 members (excludes halogenated alkanes) is 1. The van der Waals surface area contributed by atoms with E-state index in [0.29, 0.717) is 54.6 Å². The molecule has 0 spiro atoms. The molecule has 3 aromatic carbocycles. The second-order valence-corrected chi connectivity index (χ2v) is 10.3. The number of ether oxygens (including phenoxy) is 4. The highest BCUT2D eigenvalue weighted by Crippen LogP contribution is 2.42. The number of Topliss-reactive ketones (excluding diaryl/α,β-unsaturated/α-hetero) is 1. The van der Waals surface area contributed by atoms with Crippen LogP contribution >= 0.6 is 0 Å². The molecule has 1 saturated heterocycles. The molecule has 3 aromatic rings. The van der Waals surface area contributed by atoms with Gasteiger partial charge in [-0.15, -0.1) is 0 Å². The molecule has 1 aliphatic rings. The summed E-state index contributed by atoms with van der Waals surface area (Å²) in [7, 11) is 3.13. The standard InChI is InChI=1S/C34H39NO7/c1-5-6-19-41-28-16-13-26(21-29(28)40-4)31-30(33(37)34(38)35(31)17-8-18-39-3)32(36)25-11-14-27(15-12-25)42-22-24-10-7-9-23(2)20-24/h7,9-16,20-21,31,36H,5-6,8,17-19,22H2,1-4H3/b32-30+. The summed E-state index contributed by atoms with van der Waals surface area (Å²) < 4.78 is 22.6. The number of aryl methyl sites for hydroxylation is 1. The van der Waals surface area contributed by atoms with Gasteiger partial charge in [0.05, 0.1) is 25.3 Å². The molecule has 8 nitrogen and oxygen atoms in total. The molecule has 4 rings (SSSR count). The molecule has 0 saturated carbocycles. The first-order valence-electron chi connectivity index (χ1n) is 14.2. The molecular formula is C34H39NO7. The Balaban J connectivity index is 1.66. The van der Waals surface area contributed by atoms with E-state index in [9.17, 15) is 14.7 Å². The third-order valence-electron chi connectivity index (χ3n) is 7.16. The van der Waals surface area contributed by atoms with E-state index in [1.165, 1.54) is 4.90 Å². The van der Waals surface area contributed by atoms with Gasteiger partial charge in [0.1, 0.15) is 18.1 Å². The van der Waals surface area contributed by atoms with Crippen LogP contribution in [0, 0.1) is 6.92 Å². The van der Waals surface area contributed by atoms with E-state index < -0.39 is 17.7 Å². The van der Waals surface area contributed by atoms with Crippen LogP contribution in [-0.4, -0.2) is 55.7 Å². The number of likely N-dealkylation sites (tertiary alicyclic amines) is 1. The van der Waals surface area contributed by atoms with E-state index >= 15 is 0 Å². The lowest BCUT2D eigenvalue weighted by atomic mass is 9.95. The zero-order valence-electron chi connectivity index (χ0n) is 24.7. The number of nitrogens with zero attached hydrogens (tertiary/aromatic N) is 1. The van der Waals surface area contributed by atoms with Gasteiger partial charge in [0.15, 0.2) is 11.5 Å². The number of hydrogen-bond donors (Lipinski definition) is 1. The number of aliphatic hydroxyl groups excluding tert-OH is 1. The minimum Gasteiger partial charge on any atom is -0.507 e. The van der Waals surface area contributed by atoms with E-state index in [1.54, 1.807) is 56.7 Å². The van der Waals surface area contributed by atoms with Crippen molar-refractivity contribution in [2.45, 2.75) is 45.8 Å². The SMILES string of the molecule is CCCCOc1ccc(C2/C(=C(\O)c3ccc(OCc4cccc(C)c4)cc3)C(=O)C(=O)N2CCCOC)cc1OC. The number of rotatable bonds is 14. The first-order chi connectivity index (χ1) is 20.4. The number of ketones is 1. The van der Waals surface area contributed by atoms with Crippen molar-refractivity contribution in [1.29, 1.82) is 0 Å². The van der Waals surface area contributed by atoms with Gasteiger partial charge in [-0.25, -0.2) is 0 Å². The summed E-state index contributed by atoms with van der Waals surface area (Å²) in [6.07, 6.45) is 2.43. The fourth-order valence-corrected chi connectivity index (χ4v) is 4.97. The Kier molecular flexibility index (Phi) is 10.6. The highest BCUT2D eigenvalue weighted by Gasteiger charge is 2.46. The van der Waals surface area contributed by atoms with Crippen molar-refractivity contribution < 1.29 is 33.6 Å². The topological polar surface area (TPSA) is 94.5 Å². The van der Waals surface area contributed by atoms with Crippen LogP contribution in [0.3, 0.4) is 0 Å². The van der Waals surface area contributed by atoms with Gasteiger partial charge in [-0.2, -0.15) is 0 Å². The molecule has 8 heteroatoms. The van der Waals surface area contributed by atoms with Crippen LogP contribution in [0.15, 0.2) is 72.3 Å². The van der Waals surface area contributed by atoms with Crippen LogP contribution < -0.4 is 14.2 Å². The molecule has 1 amide bonds. The molecule has 0 aromatic heterocycles. The molecule has 0 radical (unpaired) electrons. The molecule has 42 heavy (non-hydrogen) atoms. The van der Waals surface area contributed by atoms with Crippen molar-refractivity contribution in [1.82, 2.24) is 4.90 Å².